The first-order valence-electron chi connectivity index (χ1n) is 5.09. The maximum atomic E-state index is 12.7. The fraction of sp³-hybridized carbons (Fsp3) is 0.182. The van der Waals surface area contributed by atoms with Crippen LogP contribution in [0.1, 0.15) is 5.56 Å². The molecule has 0 fully saturated rings. The number of halogens is 4. The zero-order valence-electron chi connectivity index (χ0n) is 9.66. The number of phenols is 1. The number of alkyl halides is 3. The Morgan fingerprint density at radius 2 is 1.95 bits per heavy atom. The molecule has 0 radical (unpaired) electrons. The maximum absolute atomic E-state index is 12.7. The summed E-state index contributed by atoms with van der Waals surface area (Å²) in [5.41, 5.74) is 4.34. The quantitative estimate of drug-likeness (QED) is 0.849. The van der Waals surface area contributed by atoms with Crippen molar-refractivity contribution in [2.24, 2.45) is 7.05 Å². The smallest absolute Gasteiger partial charge is 0.420 e. The van der Waals surface area contributed by atoms with E-state index in [0.717, 1.165) is 0 Å². The van der Waals surface area contributed by atoms with E-state index in [0.29, 0.717) is 6.07 Å². The minimum atomic E-state index is -4.70. The molecule has 1 aromatic heterocycles. The summed E-state index contributed by atoms with van der Waals surface area (Å²) in [6.45, 7) is 0. The van der Waals surface area contributed by atoms with E-state index in [1.165, 1.54) is 23.9 Å². The van der Waals surface area contributed by atoms with E-state index in [1.807, 2.05) is 0 Å². The van der Waals surface area contributed by atoms with E-state index in [4.69, 9.17) is 17.3 Å². The fourth-order valence-electron chi connectivity index (χ4n) is 1.62. The number of anilines is 1. The highest BCUT2D eigenvalue weighted by Gasteiger charge is 2.35. The third-order valence-electron chi connectivity index (χ3n) is 2.57. The molecule has 8 heteroatoms. The number of nitrogens with two attached hydrogens (primary N) is 1. The van der Waals surface area contributed by atoms with Crippen molar-refractivity contribution in [3.05, 3.63) is 28.8 Å². The van der Waals surface area contributed by atoms with Gasteiger partial charge in [-0.05, 0) is 12.1 Å². The minimum absolute atomic E-state index is 0.116. The molecule has 19 heavy (non-hydrogen) atoms. The van der Waals surface area contributed by atoms with Crippen LogP contribution in [-0.4, -0.2) is 14.9 Å². The lowest BCUT2D eigenvalue weighted by Crippen LogP contribution is -2.06. The summed E-state index contributed by atoms with van der Waals surface area (Å²) in [5, 5.41) is 13.5. The Balaban J connectivity index is 2.68. The van der Waals surface area contributed by atoms with E-state index in [-0.39, 0.29) is 22.1 Å². The van der Waals surface area contributed by atoms with Gasteiger partial charge in [0.05, 0.1) is 11.3 Å². The van der Waals surface area contributed by atoms with Gasteiger partial charge in [0.15, 0.2) is 0 Å². The van der Waals surface area contributed by atoms with Crippen molar-refractivity contribution in [2.45, 2.75) is 6.18 Å². The van der Waals surface area contributed by atoms with E-state index in [2.05, 4.69) is 5.10 Å². The van der Waals surface area contributed by atoms with Crippen LogP contribution >= 0.6 is 11.6 Å². The van der Waals surface area contributed by atoms with Crippen molar-refractivity contribution in [2.75, 3.05) is 5.73 Å². The number of hydrogen-bond donors (Lipinski definition) is 2. The predicted octanol–water partition coefficient (Wildman–Crippen LogP) is 3.05. The van der Waals surface area contributed by atoms with Crippen molar-refractivity contribution >= 4 is 17.4 Å². The minimum Gasteiger partial charge on any atom is -0.507 e. The number of benzene rings is 1. The summed E-state index contributed by atoms with van der Waals surface area (Å²) in [4.78, 5) is 0. The molecule has 1 aromatic carbocycles. The SMILES string of the molecule is Cn1nc(-c2cc(Cl)cc(C(F)(F)F)c2O)cc1N. The van der Waals surface area contributed by atoms with Crippen LogP contribution < -0.4 is 5.73 Å². The van der Waals surface area contributed by atoms with Crippen molar-refractivity contribution < 1.29 is 18.3 Å². The molecule has 0 atom stereocenters. The Hall–Kier alpha value is -1.89. The number of aryl methyl sites for hydroxylation is 1. The summed E-state index contributed by atoms with van der Waals surface area (Å²) in [6, 6.07) is 3.21. The van der Waals surface area contributed by atoms with Gasteiger partial charge in [-0.15, -0.1) is 0 Å². The number of aromatic nitrogens is 2. The average molecular weight is 292 g/mol. The highest BCUT2D eigenvalue weighted by Crippen LogP contribution is 2.43. The first-order chi connectivity index (χ1) is 8.70. The second-order valence-corrected chi connectivity index (χ2v) is 4.36. The Morgan fingerprint density at radius 3 is 2.42 bits per heavy atom. The molecule has 0 saturated carbocycles. The van der Waals surface area contributed by atoms with E-state index < -0.39 is 17.5 Å². The number of aromatic hydroxyl groups is 1. The molecule has 0 saturated heterocycles. The third kappa shape index (κ3) is 2.46. The van der Waals surface area contributed by atoms with Crippen LogP contribution in [0.2, 0.25) is 5.02 Å². The number of nitrogens with zero attached hydrogens (tertiary/aromatic N) is 2. The van der Waals surface area contributed by atoms with Crippen LogP contribution in [0.4, 0.5) is 19.0 Å². The lowest BCUT2D eigenvalue weighted by atomic mass is 10.1. The van der Waals surface area contributed by atoms with E-state index in [1.54, 1.807) is 0 Å². The number of phenolic OH excluding ortho intramolecular Hbond substituents is 1. The zero-order valence-corrected chi connectivity index (χ0v) is 10.4. The molecule has 0 aliphatic rings. The first kappa shape index (κ1) is 13.5. The van der Waals surface area contributed by atoms with Crippen LogP contribution in [0.5, 0.6) is 5.75 Å². The van der Waals surface area contributed by atoms with Gasteiger partial charge in [-0.25, -0.2) is 0 Å². The molecule has 0 unspecified atom stereocenters. The second-order valence-electron chi connectivity index (χ2n) is 3.93. The first-order valence-corrected chi connectivity index (χ1v) is 5.47. The molecule has 102 valence electrons. The summed E-state index contributed by atoms with van der Waals surface area (Å²) in [6.07, 6.45) is -4.70. The average Bonchev–Trinajstić information content (AvgIpc) is 2.60. The monoisotopic (exact) mass is 291 g/mol. The molecule has 2 rings (SSSR count). The van der Waals surface area contributed by atoms with Crippen LogP contribution in [0, 0.1) is 0 Å². The van der Waals surface area contributed by atoms with Gasteiger partial charge in [-0.3, -0.25) is 4.68 Å². The maximum Gasteiger partial charge on any atom is 0.420 e. The Bertz CT molecular complexity index is 617. The molecular weight excluding hydrogens is 283 g/mol. The van der Waals surface area contributed by atoms with Crippen molar-refractivity contribution in [1.82, 2.24) is 9.78 Å². The van der Waals surface area contributed by atoms with Crippen LogP contribution in [0.3, 0.4) is 0 Å². The van der Waals surface area contributed by atoms with Gasteiger partial charge in [0, 0.05) is 23.7 Å². The lowest BCUT2D eigenvalue weighted by molar-refractivity contribution is -0.138. The number of nitrogen functional groups attached to an aromatic ring is 1. The molecule has 0 aliphatic heterocycles. The van der Waals surface area contributed by atoms with Gasteiger partial charge in [-0.1, -0.05) is 11.6 Å². The van der Waals surface area contributed by atoms with Crippen molar-refractivity contribution in [3.8, 4) is 17.0 Å². The molecular formula is C11H9ClF3N3O. The topological polar surface area (TPSA) is 64.1 Å². The molecule has 0 amide bonds. The van der Waals surface area contributed by atoms with Crippen molar-refractivity contribution in [1.29, 1.82) is 0 Å². The number of rotatable bonds is 1. The number of hydrogen-bond acceptors (Lipinski definition) is 3. The van der Waals surface area contributed by atoms with Crippen molar-refractivity contribution in [3.63, 3.8) is 0 Å². The second kappa shape index (κ2) is 4.34. The van der Waals surface area contributed by atoms with Gasteiger partial charge in [0.2, 0.25) is 0 Å². The summed E-state index contributed by atoms with van der Waals surface area (Å²) in [5.74, 6) is -0.669. The van der Waals surface area contributed by atoms with E-state index in [9.17, 15) is 18.3 Å². The Kier molecular flexibility index (Phi) is 3.09. The molecule has 0 spiro atoms. The van der Waals surface area contributed by atoms with Crippen LogP contribution in [0.15, 0.2) is 18.2 Å². The van der Waals surface area contributed by atoms with E-state index >= 15 is 0 Å². The summed E-state index contributed by atoms with van der Waals surface area (Å²) < 4.78 is 39.5. The van der Waals surface area contributed by atoms with Crippen LogP contribution in [0.25, 0.3) is 11.3 Å². The van der Waals surface area contributed by atoms with Gasteiger partial charge in [-0.2, -0.15) is 18.3 Å². The van der Waals surface area contributed by atoms with Gasteiger partial charge < -0.3 is 10.8 Å². The molecule has 0 aliphatic carbocycles. The van der Waals surface area contributed by atoms with Gasteiger partial charge in [0.25, 0.3) is 0 Å². The summed E-state index contributed by atoms with van der Waals surface area (Å²) >= 11 is 5.65. The molecule has 3 N–H and O–H groups in total. The van der Waals surface area contributed by atoms with Gasteiger partial charge in [0.1, 0.15) is 11.6 Å². The zero-order chi connectivity index (χ0) is 14.4. The van der Waals surface area contributed by atoms with Crippen LogP contribution in [-0.2, 0) is 13.2 Å². The highest BCUT2D eigenvalue weighted by molar-refractivity contribution is 6.31. The molecule has 1 heterocycles. The predicted molar refractivity (Wildman–Crippen MR) is 64.7 cm³/mol. The third-order valence-corrected chi connectivity index (χ3v) is 2.79. The molecule has 0 bridgehead atoms. The Morgan fingerprint density at radius 1 is 1.32 bits per heavy atom. The molecule has 2 aromatic rings. The fourth-order valence-corrected chi connectivity index (χ4v) is 1.84. The standard InChI is InChI=1S/C11H9ClF3N3O/c1-18-9(16)4-8(17-18)6-2-5(12)3-7(10(6)19)11(13,14)15/h2-4,19H,16H2,1H3. The van der Waals surface area contributed by atoms with Gasteiger partial charge >= 0.3 is 6.18 Å². The largest absolute Gasteiger partial charge is 0.507 e. The highest BCUT2D eigenvalue weighted by atomic mass is 35.5. The lowest BCUT2D eigenvalue weighted by Gasteiger charge is -2.12. The summed E-state index contributed by atoms with van der Waals surface area (Å²) in [7, 11) is 1.53. The molecule has 4 nitrogen and oxygen atoms in total. The normalized spacial score (nSPS) is 11.8. The Labute approximate surface area is 111 Å².